The van der Waals surface area contributed by atoms with Crippen LogP contribution in [0.5, 0.6) is 28.7 Å². The van der Waals surface area contributed by atoms with E-state index >= 15 is 0 Å². The molecule has 0 fully saturated rings. The highest BCUT2D eigenvalue weighted by Crippen LogP contribution is 2.51. The number of ether oxygens (including phenoxy) is 5. The van der Waals surface area contributed by atoms with Gasteiger partial charge in [0.05, 0.1) is 27.9 Å². The fourth-order valence-corrected chi connectivity index (χ4v) is 5.74. The zero-order valence-electron chi connectivity index (χ0n) is 24.5. The maximum Gasteiger partial charge on any atom is 0.167 e. The summed E-state index contributed by atoms with van der Waals surface area (Å²) in [5.41, 5.74) is 7.50. The molecule has 0 N–H and O–H groups in total. The van der Waals surface area contributed by atoms with Gasteiger partial charge in [-0.1, -0.05) is 13.8 Å². The number of carbonyl (C=O) groups excluding carboxylic acids is 1. The third-order valence-electron chi connectivity index (χ3n) is 7.88. The van der Waals surface area contributed by atoms with Gasteiger partial charge in [-0.3, -0.25) is 4.79 Å². The van der Waals surface area contributed by atoms with Gasteiger partial charge in [0.15, 0.2) is 28.8 Å². The van der Waals surface area contributed by atoms with Crippen LogP contribution in [-0.4, -0.2) is 33.7 Å². The third kappa shape index (κ3) is 4.67. The molecule has 6 nitrogen and oxygen atoms in total. The first-order chi connectivity index (χ1) is 17.5. The number of hydrogen-bond donors (Lipinski definition) is 0. The van der Waals surface area contributed by atoms with Crippen molar-refractivity contribution >= 4 is 5.78 Å². The van der Waals surface area contributed by atoms with Crippen LogP contribution in [-0.2, 0) is 0 Å². The highest BCUT2D eigenvalue weighted by Gasteiger charge is 2.34. The molecule has 1 heterocycles. The Balaban J connectivity index is 2.03. The van der Waals surface area contributed by atoms with Crippen molar-refractivity contribution in [1.82, 2.24) is 0 Å². The quantitative estimate of drug-likeness (QED) is 0.329. The first-order valence-corrected chi connectivity index (χ1v) is 12.9. The number of methoxy groups -OCH3 is 3. The summed E-state index contributed by atoms with van der Waals surface area (Å²) in [4.78, 5) is 13.7. The molecule has 0 amide bonds. The summed E-state index contributed by atoms with van der Waals surface area (Å²) in [7, 11) is 4.88. The normalized spacial score (nSPS) is 15.6. The predicted molar refractivity (Wildman–Crippen MR) is 147 cm³/mol. The van der Waals surface area contributed by atoms with Gasteiger partial charge in [-0.25, -0.2) is 0 Å². The van der Waals surface area contributed by atoms with E-state index in [-0.39, 0.29) is 17.6 Å². The molecule has 0 aromatic heterocycles. The molecule has 3 rings (SSSR count). The van der Waals surface area contributed by atoms with Crippen molar-refractivity contribution in [2.45, 2.75) is 74.7 Å². The highest BCUT2D eigenvalue weighted by molar-refractivity contribution is 6.00. The summed E-state index contributed by atoms with van der Waals surface area (Å²) in [5, 5.41) is 0. The van der Waals surface area contributed by atoms with Crippen LogP contribution in [0.4, 0.5) is 0 Å². The molecule has 2 aromatic carbocycles. The van der Waals surface area contributed by atoms with Gasteiger partial charge in [0, 0.05) is 46.1 Å². The lowest BCUT2D eigenvalue weighted by atomic mass is 9.82. The van der Waals surface area contributed by atoms with Gasteiger partial charge in [-0.2, -0.15) is 0 Å². The fraction of sp³-hybridized carbons (Fsp3) is 0.516. The molecule has 0 spiro atoms. The van der Waals surface area contributed by atoms with Gasteiger partial charge in [-0.15, -0.1) is 0 Å². The van der Waals surface area contributed by atoms with Crippen molar-refractivity contribution in [3.63, 3.8) is 0 Å². The average molecular weight is 511 g/mol. The lowest BCUT2D eigenvalue weighted by molar-refractivity contribution is 0.0960. The molecule has 2 atom stereocenters. The number of carbonyl (C=O) groups is 1. The van der Waals surface area contributed by atoms with Gasteiger partial charge in [-0.05, 0) is 65.2 Å². The smallest absolute Gasteiger partial charge is 0.167 e. The molecule has 2 aromatic rings. The second kappa shape index (κ2) is 11.1. The lowest BCUT2D eigenvalue weighted by Crippen LogP contribution is -2.22. The van der Waals surface area contributed by atoms with Crippen LogP contribution in [0.15, 0.2) is 11.3 Å². The van der Waals surface area contributed by atoms with Gasteiger partial charge < -0.3 is 23.7 Å². The van der Waals surface area contributed by atoms with Crippen molar-refractivity contribution < 1.29 is 28.5 Å². The summed E-state index contributed by atoms with van der Waals surface area (Å²) in [6.45, 7) is 18.8. The van der Waals surface area contributed by atoms with Crippen molar-refractivity contribution in [3.05, 3.63) is 50.3 Å². The summed E-state index contributed by atoms with van der Waals surface area (Å²) in [5.74, 6) is 4.45. The summed E-state index contributed by atoms with van der Waals surface area (Å²) >= 11 is 0. The first kappa shape index (κ1) is 28.4. The molecule has 0 saturated carbocycles. The van der Waals surface area contributed by atoms with Crippen LogP contribution < -0.4 is 23.7 Å². The highest BCUT2D eigenvalue weighted by atomic mass is 16.5. The van der Waals surface area contributed by atoms with E-state index in [9.17, 15) is 4.79 Å². The minimum Gasteiger partial charge on any atom is -0.493 e. The van der Waals surface area contributed by atoms with Gasteiger partial charge in [0.25, 0.3) is 0 Å². The lowest BCUT2D eigenvalue weighted by Gasteiger charge is -2.33. The average Bonchev–Trinajstić information content (AvgIpc) is 2.86. The largest absolute Gasteiger partial charge is 0.493 e. The molecule has 1 aliphatic rings. The number of rotatable bonds is 9. The van der Waals surface area contributed by atoms with Crippen molar-refractivity contribution in [2.24, 2.45) is 5.92 Å². The zero-order chi connectivity index (χ0) is 27.8. The Morgan fingerprint density at radius 2 is 1.35 bits per heavy atom. The minimum atomic E-state index is -0.118. The second-order valence-electron chi connectivity index (χ2n) is 10.0. The molecule has 37 heavy (non-hydrogen) atoms. The standard InChI is InChI=1S/C31H42O6/c1-13-36-31-21(8)25-17(4)18(5)26(37-27(25)22(9)30(31)35-12)15(2)14-23(32)24-16(3)19(6)28(33-10)29(34-11)20(24)7/h15,17H,13-14H2,1-12H3. The molecule has 202 valence electrons. The Morgan fingerprint density at radius 1 is 0.811 bits per heavy atom. The Kier molecular flexibility index (Phi) is 8.51. The Labute approximate surface area is 221 Å². The van der Waals surface area contributed by atoms with E-state index in [4.69, 9.17) is 23.7 Å². The SMILES string of the molecule is CCOc1c(C)c2c(c(C)c1OC)OC(C(C)CC(=O)c1c(C)c(C)c(OC)c(OC)c1C)=C(C)C2C. The maximum atomic E-state index is 13.7. The number of ketones is 1. The summed E-state index contributed by atoms with van der Waals surface area (Å²) < 4.78 is 29.5. The second-order valence-corrected chi connectivity index (χ2v) is 10.0. The van der Waals surface area contributed by atoms with E-state index < -0.39 is 0 Å². The number of Topliss-reactive ketones (excluding diaryl/α,β-unsaturated/α-hetero) is 1. The van der Waals surface area contributed by atoms with Crippen LogP contribution in [0.1, 0.15) is 83.8 Å². The Hall–Kier alpha value is -3.15. The van der Waals surface area contributed by atoms with Gasteiger partial charge >= 0.3 is 0 Å². The van der Waals surface area contributed by atoms with E-state index in [1.807, 2.05) is 34.6 Å². The van der Waals surface area contributed by atoms with E-state index in [0.717, 1.165) is 56.2 Å². The summed E-state index contributed by atoms with van der Waals surface area (Å²) in [6.07, 6.45) is 0.317. The van der Waals surface area contributed by atoms with Gasteiger partial charge in [0.2, 0.25) is 0 Å². The van der Waals surface area contributed by atoms with Crippen molar-refractivity contribution in [1.29, 1.82) is 0 Å². The molecule has 0 aliphatic carbocycles. The van der Waals surface area contributed by atoms with E-state index in [0.29, 0.717) is 35.8 Å². The molecule has 0 bridgehead atoms. The molecule has 0 saturated heterocycles. The molecule has 0 radical (unpaired) electrons. The minimum absolute atomic E-state index is 0.0612. The molecule has 1 aliphatic heterocycles. The number of hydrogen-bond acceptors (Lipinski definition) is 6. The van der Waals surface area contributed by atoms with Crippen LogP contribution in [0, 0.1) is 40.5 Å². The molecular weight excluding hydrogens is 468 g/mol. The number of allylic oxidation sites excluding steroid dienone is 2. The van der Waals surface area contributed by atoms with Crippen molar-refractivity contribution in [3.8, 4) is 28.7 Å². The maximum absolute atomic E-state index is 13.7. The number of fused-ring (bicyclic) bond motifs is 1. The topological polar surface area (TPSA) is 63.2 Å². The zero-order valence-corrected chi connectivity index (χ0v) is 24.5. The summed E-state index contributed by atoms with van der Waals surface area (Å²) in [6, 6.07) is 0. The van der Waals surface area contributed by atoms with E-state index in [2.05, 4.69) is 27.7 Å². The monoisotopic (exact) mass is 510 g/mol. The van der Waals surface area contributed by atoms with E-state index in [1.165, 1.54) is 0 Å². The number of benzene rings is 2. The molecular formula is C31H42O6. The fourth-order valence-electron chi connectivity index (χ4n) is 5.74. The molecule has 6 heteroatoms. The Bertz CT molecular complexity index is 1250. The van der Waals surface area contributed by atoms with Crippen LogP contribution >= 0.6 is 0 Å². The predicted octanol–water partition coefficient (Wildman–Crippen LogP) is 7.33. The van der Waals surface area contributed by atoms with Gasteiger partial charge in [0.1, 0.15) is 11.5 Å². The third-order valence-corrected chi connectivity index (χ3v) is 7.88. The Morgan fingerprint density at radius 3 is 1.89 bits per heavy atom. The van der Waals surface area contributed by atoms with Crippen molar-refractivity contribution in [2.75, 3.05) is 27.9 Å². The van der Waals surface area contributed by atoms with Crippen LogP contribution in [0.3, 0.4) is 0 Å². The van der Waals surface area contributed by atoms with Crippen LogP contribution in [0.25, 0.3) is 0 Å². The first-order valence-electron chi connectivity index (χ1n) is 12.9. The van der Waals surface area contributed by atoms with Crippen LogP contribution in [0.2, 0.25) is 0 Å². The molecule has 2 unspecified atom stereocenters. The van der Waals surface area contributed by atoms with E-state index in [1.54, 1.807) is 21.3 Å².